The summed E-state index contributed by atoms with van der Waals surface area (Å²) in [7, 11) is 0. The lowest BCUT2D eigenvalue weighted by molar-refractivity contribution is -0.121. The van der Waals surface area contributed by atoms with Gasteiger partial charge in [0.05, 0.1) is 5.41 Å². The molecular formula is C18H27NO. The number of unbranched alkanes of at least 4 members (excludes halogenated alkanes) is 4. The van der Waals surface area contributed by atoms with E-state index in [2.05, 4.69) is 31.3 Å². The first-order valence-electron chi connectivity index (χ1n) is 8.15. The van der Waals surface area contributed by atoms with Crippen LogP contribution in [-0.4, -0.2) is 5.91 Å². The number of carbonyl (C=O) groups is 1. The van der Waals surface area contributed by atoms with Gasteiger partial charge in [-0.2, -0.15) is 0 Å². The molecule has 20 heavy (non-hydrogen) atoms. The van der Waals surface area contributed by atoms with Crippen molar-refractivity contribution in [3.8, 4) is 0 Å². The first-order valence-corrected chi connectivity index (χ1v) is 8.15. The Balaban J connectivity index is 2.23. The van der Waals surface area contributed by atoms with E-state index < -0.39 is 0 Å². The van der Waals surface area contributed by atoms with Gasteiger partial charge in [0.2, 0.25) is 5.91 Å². The zero-order valence-electron chi connectivity index (χ0n) is 12.9. The van der Waals surface area contributed by atoms with Gasteiger partial charge in [-0.1, -0.05) is 70.6 Å². The fourth-order valence-electron chi connectivity index (χ4n) is 3.35. The lowest BCUT2D eigenvalue weighted by Crippen LogP contribution is -2.34. The predicted octanol–water partition coefficient (Wildman–Crippen LogP) is 5.04. The maximum absolute atomic E-state index is 12.6. The standard InChI is InChI=1S/C18H27NO/c1-3-5-9-13-18(14-10-6-4-2)15-11-7-8-12-16(15)19-17(18)20/h7-8,11-12H,3-6,9-10,13-14H2,1-2H3,(H,19,20). The summed E-state index contributed by atoms with van der Waals surface area (Å²) in [6, 6.07) is 8.25. The van der Waals surface area contributed by atoms with Crippen LogP contribution >= 0.6 is 0 Å². The highest BCUT2D eigenvalue weighted by atomic mass is 16.2. The quantitative estimate of drug-likeness (QED) is 0.661. The number of fused-ring (bicyclic) bond motifs is 1. The normalized spacial score (nSPS) is 16.0. The molecule has 2 heteroatoms. The average molecular weight is 273 g/mol. The molecule has 2 rings (SSSR count). The Morgan fingerprint density at radius 1 is 0.950 bits per heavy atom. The van der Waals surface area contributed by atoms with Crippen LogP contribution in [0.2, 0.25) is 0 Å². The van der Waals surface area contributed by atoms with Crippen molar-refractivity contribution in [1.82, 2.24) is 0 Å². The molecule has 1 aliphatic rings. The van der Waals surface area contributed by atoms with Gasteiger partial charge in [-0.05, 0) is 24.5 Å². The van der Waals surface area contributed by atoms with Crippen LogP contribution in [0.5, 0.6) is 0 Å². The second kappa shape index (κ2) is 6.92. The summed E-state index contributed by atoms with van der Waals surface area (Å²) in [5, 5.41) is 3.10. The molecule has 1 aliphatic heterocycles. The van der Waals surface area contributed by atoms with Crippen molar-refractivity contribution in [1.29, 1.82) is 0 Å². The van der Waals surface area contributed by atoms with Crippen molar-refractivity contribution in [2.45, 2.75) is 70.6 Å². The predicted molar refractivity (Wildman–Crippen MR) is 85.0 cm³/mol. The summed E-state index contributed by atoms with van der Waals surface area (Å²) in [5.41, 5.74) is 2.00. The number of hydrogen-bond donors (Lipinski definition) is 1. The molecular weight excluding hydrogens is 246 g/mol. The van der Waals surface area contributed by atoms with E-state index in [0.29, 0.717) is 0 Å². The van der Waals surface area contributed by atoms with Crippen molar-refractivity contribution in [2.75, 3.05) is 5.32 Å². The highest BCUT2D eigenvalue weighted by molar-refractivity contribution is 6.06. The summed E-state index contributed by atoms with van der Waals surface area (Å²) in [6.07, 6.45) is 9.11. The van der Waals surface area contributed by atoms with Gasteiger partial charge < -0.3 is 5.32 Å². The van der Waals surface area contributed by atoms with Crippen LogP contribution in [0.25, 0.3) is 0 Å². The summed E-state index contributed by atoms with van der Waals surface area (Å²) in [5.74, 6) is 0.228. The molecule has 0 unspecified atom stereocenters. The van der Waals surface area contributed by atoms with Crippen molar-refractivity contribution in [2.24, 2.45) is 0 Å². The fourth-order valence-corrected chi connectivity index (χ4v) is 3.35. The van der Waals surface area contributed by atoms with Gasteiger partial charge in [0.1, 0.15) is 0 Å². The van der Waals surface area contributed by atoms with Gasteiger partial charge in [-0.25, -0.2) is 0 Å². The van der Waals surface area contributed by atoms with Crippen LogP contribution in [0, 0.1) is 0 Å². The van der Waals surface area contributed by atoms with Crippen LogP contribution in [0.1, 0.15) is 70.8 Å². The van der Waals surface area contributed by atoms with Crippen molar-refractivity contribution >= 4 is 11.6 Å². The number of benzene rings is 1. The molecule has 1 aromatic rings. The van der Waals surface area contributed by atoms with Crippen molar-refractivity contribution in [3.05, 3.63) is 29.8 Å². The van der Waals surface area contributed by atoms with Crippen LogP contribution < -0.4 is 5.32 Å². The monoisotopic (exact) mass is 273 g/mol. The van der Waals surface area contributed by atoms with E-state index in [1.807, 2.05) is 12.1 Å². The van der Waals surface area contributed by atoms with E-state index in [-0.39, 0.29) is 11.3 Å². The number of para-hydroxylation sites is 1. The van der Waals surface area contributed by atoms with E-state index in [1.54, 1.807) is 0 Å². The summed E-state index contributed by atoms with van der Waals surface area (Å²) >= 11 is 0. The fraction of sp³-hybridized carbons (Fsp3) is 0.611. The number of nitrogens with one attached hydrogen (secondary N) is 1. The highest BCUT2D eigenvalue weighted by Crippen LogP contribution is 2.44. The first kappa shape index (κ1) is 15.1. The second-order valence-corrected chi connectivity index (χ2v) is 6.00. The molecule has 0 saturated heterocycles. The minimum atomic E-state index is -0.263. The van der Waals surface area contributed by atoms with Crippen LogP contribution in [0.4, 0.5) is 5.69 Å². The highest BCUT2D eigenvalue weighted by Gasteiger charge is 2.45. The summed E-state index contributed by atoms with van der Waals surface area (Å²) < 4.78 is 0. The maximum Gasteiger partial charge on any atom is 0.235 e. The minimum absolute atomic E-state index is 0.228. The second-order valence-electron chi connectivity index (χ2n) is 6.00. The van der Waals surface area contributed by atoms with Gasteiger partial charge in [0, 0.05) is 5.69 Å². The lowest BCUT2D eigenvalue weighted by atomic mass is 9.73. The molecule has 0 atom stereocenters. The third-order valence-corrected chi connectivity index (χ3v) is 4.54. The first-order chi connectivity index (χ1) is 9.74. The molecule has 0 spiro atoms. The van der Waals surface area contributed by atoms with Gasteiger partial charge >= 0.3 is 0 Å². The van der Waals surface area contributed by atoms with Crippen LogP contribution in [0.3, 0.4) is 0 Å². The molecule has 110 valence electrons. The topological polar surface area (TPSA) is 29.1 Å². The molecule has 2 nitrogen and oxygen atoms in total. The average Bonchev–Trinajstić information content (AvgIpc) is 2.73. The van der Waals surface area contributed by atoms with Crippen LogP contribution in [-0.2, 0) is 10.2 Å². The van der Waals surface area contributed by atoms with Crippen LogP contribution in [0.15, 0.2) is 24.3 Å². The van der Waals surface area contributed by atoms with E-state index in [1.165, 1.54) is 31.2 Å². The molecule has 0 aromatic heterocycles. The molecule has 0 saturated carbocycles. The Morgan fingerprint density at radius 2 is 1.55 bits per heavy atom. The number of amides is 1. The Kier molecular flexibility index (Phi) is 5.22. The van der Waals surface area contributed by atoms with Gasteiger partial charge in [-0.15, -0.1) is 0 Å². The molecule has 1 aromatic carbocycles. The SMILES string of the molecule is CCCCCC1(CCCCC)C(=O)Nc2ccccc21. The Labute approximate surface area is 123 Å². The van der Waals surface area contributed by atoms with Gasteiger partial charge in [0.15, 0.2) is 0 Å². The molecule has 1 N–H and O–H groups in total. The Morgan fingerprint density at radius 3 is 2.15 bits per heavy atom. The number of rotatable bonds is 8. The molecule has 0 bridgehead atoms. The minimum Gasteiger partial charge on any atom is -0.325 e. The van der Waals surface area contributed by atoms with Gasteiger partial charge in [-0.3, -0.25) is 4.79 Å². The summed E-state index contributed by atoms with van der Waals surface area (Å²) in [6.45, 7) is 4.43. The molecule has 1 amide bonds. The van der Waals surface area contributed by atoms with Crippen molar-refractivity contribution < 1.29 is 4.79 Å². The smallest absolute Gasteiger partial charge is 0.235 e. The Hall–Kier alpha value is -1.31. The lowest BCUT2D eigenvalue weighted by Gasteiger charge is -2.27. The number of carbonyl (C=O) groups excluding carboxylic acids is 1. The van der Waals surface area contributed by atoms with Crippen molar-refractivity contribution in [3.63, 3.8) is 0 Å². The van der Waals surface area contributed by atoms with Gasteiger partial charge in [0.25, 0.3) is 0 Å². The van der Waals surface area contributed by atoms with E-state index in [4.69, 9.17) is 0 Å². The van der Waals surface area contributed by atoms with E-state index >= 15 is 0 Å². The largest absolute Gasteiger partial charge is 0.325 e. The molecule has 0 fully saturated rings. The molecule has 0 aliphatic carbocycles. The van der Waals surface area contributed by atoms with E-state index in [0.717, 1.165) is 31.4 Å². The third kappa shape index (κ3) is 2.89. The molecule has 0 radical (unpaired) electrons. The number of anilines is 1. The Bertz CT molecular complexity index is 442. The maximum atomic E-state index is 12.6. The molecule has 1 heterocycles. The summed E-state index contributed by atoms with van der Waals surface area (Å²) in [4.78, 5) is 12.6. The third-order valence-electron chi connectivity index (χ3n) is 4.54. The number of hydrogen-bond acceptors (Lipinski definition) is 1. The van der Waals surface area contributed by atoms with E-state index in [9.17, 15) is 4.79 Å². The zero-order valence-corrected chi connectivity index (χ0v) is 12.9. The zero-order chi connectivity index (χ0) is 14.4.